The van der Waals surface area contributed by atoms with Crippen molar-refractivity contribution in [3.05, 3.63) is 58.1 Å². The van der Waals surface area contributed by atoms with E-state index >= 15 is 0 Å². The second-order valence-corrected chi connectivity index (χ2v) is 9.39. The number of hydrogen-bond acceptors (Lipinski definition) is 3. The Morgan fingerprint density at radius 1 is 1.14 bits per heavy atom. The fourth-order valence-electron chi connectivity index (χ4n) is 3.60. The number of rotatable bonds is 6. The predicted octanol–water partition coefficient (Wildman–Crippen LogP) is 5.89. The molecule has 0 aromatic heterocycles. The zero-order valence-corrected chi connectivity index (χ0v) is 19.3. The van der Waals surface area contributed by atoms with Gasteiger partial charge in [-0.2, -0.15) is 0 Å². The van der Waals surface area contributed by atoms with Gasteiger partial charge in [0.25, 0.3) is 5.91 Å². The van der Waals surface area contributed by atoms with Gasteiger partial charge in [-0.1, -0.05) is 37.5 Å². The van der Waals surface area contributed by atoms with Crippen LogP contribution in [-0.4, -0.2) is 35.6 Å². The van der Waals surface area contributed by atoms with Gasteiger partial charge in [0.05, 0.1) is 17.0 Å². The first-order valence-corrected chi connectivity index (χ1v) is 11.8. The summed E-state index contributed by atoms with van der Waals surface area (Å²) in [6.07, 6.45) is 5.86. The van der Waals surface area contributed by atoms with E-state index in [2.05, 4.69) is 21.2 Å². The monoisotopic (exact) mass is 474 g/mol. The molecule has 0 unspecified atom stereocenters. The van der Waals surface area contributed by atoms with Crippen molar-refractivity contribution in [1.29, 1.82) is 0 Å². The van der Waals surface area contributed by atoms with Crippen LogP contribution in [0.5, 0.6) is 0 Å². The van der Waals surface area contributed by atoms with Gasteiger partial charge in [-0.05, 0) is 65.5 Å². The standard InChI is InChI=1S/C23H27BrN2O2S/c1-16-12-13-20(19(24)14-16)25-23(28)18-10-6-7-11-21(18)29-15-22(27)26(2)17-8-4-3-5-9-17/h6-7,10-14,17H,3-5,8-9,15H2,1-2H3,(H,25,28). The largest absolute Gasteiger partial charge is 0.342 e. The molecule has 3 rings (SSSR count). The second-order valence-electron chi connectivity index (χ2n) is 7.52. The van der Waals surface area contributed by atoms with E-state index in [0.717, 1.165) is 33.5 Å². The molecule has 0 aliphatic heterocycles. The lowest BCUT2D eigenvalue weighted by molar-refractivity contribution is -0.129. The van der Waals surface area contributed by atoms with Gasteiger partial charge >= 0.3 is 0 Å². The molecular formula is C23H27BrN2O2S. The maximum absolute atomic E-state index is 12.9. The quantitative estimate of drug-likeness (QED) is 0.530. The van der Waals surface area contributed by atoms with Crippen LogP contribution in [0.2, 0.25) is 0 Å². The summed E-state index contributed by atoms with van der Waals surface area (Å²) < 4.78 is 0.847. The Bertz CT molecular complexity index is 881. The molecule has 0 spiro atoms. The lowest BCUT2D eigenvalue weighted by Crippen LogP contribution is -2.39. The van der Waals surface area contributed by atoms with Crippen LogP contribution >= 0.6 is 27.7 Å². The maximum atomic E-state index is 12.9. The number of halogens is 1. The molecular weight excluding hydrogens is 448 g/mol. The van der Waals surface area contributed by atoms with Crippen LogP contribution in [0, 0.1) is 6.92 Å². The molecule has 1 saturated carbocycles. The number of hydrogen-bond donors (Lipinski definition) is 1. The van der Waals surface area contributed by atoms with Gasteiger partial charge in [-0.3, -0.25) is 9.59 Å². The first-order valence-electron chi connectivity index (χ1n) is 10.0. The molecule has 154 valence electrons. The highest BCUT2D eigenvalue weighted by Gasteiger charge is 2.22. The molecule has 29 heavy (non-hydrogen) atoms. The van der Waals surface area contributed by atoms with E-state index in [1.165, 1.54) is 31.0 Å². The fourth-order valence-corrected chi connectivity index (χ4v) is 5.17. The minimum atomic E-state index is -0.175. The van der Waals surface area contributed by atoms with Crippen molar-refractivity contribution >= 4 is 45.2 Å². The third kappa shape index (κ3) is 5.86. The molecule has 2 amide bonds. The van der Waals surface area contributed by atoms with Gasteiger partial charge in [-0.25, -0.2) is 0 Å². The number of amides is 2. The number of anilines is 1. The average molecular weight is 475 g/mol. The van der Waals surface area contributed by atoms with Crippen LogP contribution in [0.4, 0.5) is 5.69 Å². The van der Waals surface area contributed by atoms with Gasteiger partial charge in [0, 0.05) is 22.5 Å². The summed E-state index contributed by atoms with van der Waals surface area (Å²) in [5, 5.41) is 2.96. The first-order chi connectivity index (χ1) is 14.0. The van der Waals surface area contributed by atoms with E-state index < -0.39 is 0 Å². The van der Waals surface area contributed by atoms with E-state index in [-0.39, 0.29) is 11.8 Å². The highest BCUT2D eigenvalue weighted by Crippen LogP contribution is 2.28. The Morgan fingerprint density at radius 2 is 1.86 bits per heavy atom. The summed E-state index contributed by atoms with van der Waals surface area (Å²) in [6, 6.07) is 13.6. The van der Waals surface area contributed by atoms with Crippen LogP contribution in [-0.2, 0) is 4.79 Å². The van der Waals surface area contributed by atoms with E-state index in [1.54, 1.807) is 6.07 Å². The summed E-state index contributed by atoms with van der Waals surface area (Å²) in [5.74, 6) is 0.287. The van der Waals surface area contributed by atoms with Gasteiger partial charge in [-0.15, -0.1) is 11.8 Å². The smallest absolute Gasteiger partial charge is 0.256 e. The molecule has 2 aromatic carbocycles. The number of carbonyl (C=O) groups excluding carboxylic acids is 2. The SMILES string of the molecule is Cc1ccc(NC(=O)c2ccccc2SCC(=O)N(C)C2CCCCC2)c(Br)c1. The highest BCUT2D eigenvalue weighted by molar-refractivity contribution is 9.10. The lowest BCUT2D eigenvalue weighted by atomic mass is 9.94. The van der Waals surface area contributed by atoms with Crippen molar-refractivity contribution in [2.45, 2.75) is 50.0 Å². The number of benzene rings is 2. The summed E-state index contributed by atoms with van der Waals surface area (Å²) >= 11 is 4.93. The molecule has 2 aromatic rings. The zero-order chi connectivity index (χ0) is 20.8. The first kappa shape index (κ1) is 21.9. The number of aryl methyl sites for hydroxylation is 1. The van der Waals surface area contributed by atoms with Gasteiger partial charge in [0.15, 0.2) is 0 Å². The number of thioether (sulfide) groups is 1. The molecule has 0 atom stereocenters. The van der Waals surface area contributed by atoms with Crippen molar-refractivity contribution in [2.24, 2.45) is 0 Å². The van der Waals surface area contributed by atoms with Gasteiger partial charge in [0.1, 0.15) is 0 Å². The average Bonchev–Trinajstić information content (AvgIpc) is 2.74. The van der Waals surface area contributed by atoms with Crippen molar-refractivity contribution in [2.75, 3.05) is 18.1 Å². The van der Waals surface area contributed by atoms with Crippen molar-refractivity contribution in [1.82, 2.24) is 4.90 Å². The molecule has 1 N–H and O–H groups in total. The van der Waals surface area contributed by atoms with Gasteiger partial charge in [0.2, 0.25) is 5.91 Å². The summed E-state index contributed by atoms with van der Waals surface area (Å²) in [6.45, 7) is 2.00. The Morgan fingerprint density at radius 3 is 2.59 bits per heavy atom. The Balaban J connectivity index is 1.65. The van der Waals surface area contributed by atoms with E-state index in [4.69, 9.17) is 0 Å². The van der Waals surface area contributed by atoms with E-state index in [9.17, 15) is 9.59 Å². The van der Waals surface area contributed by atoms with Crippen LogP contribution in [0.1, 0.15) is 48.0 Å². The van der Waals surface area contributed by atoms with Gasteiger partial charge < -0.3 is 10.2 Å². The lowest BCUT2D eigenvalue weighted by Gasteiger charge is -2.31. The third-order valence-corrected chi connectivity index (χ3v) is 7.09. The zero-order valence-electron chi connectivity index (χ0n) is 16.9. The molecule has 1 aliphatic carbocycles. The van der Waals surface area contributed by atoms with Crippen LogP contribution in [0.15, 0.2) is 51.8 Å². The fraction of sp³-hybridized carbons (Fsp3) is 0.391. The van der Waals surface area contributed by atoms with Crippen molar-refractivity contribution in [3.63, 3.8) is 0 Å². The maximum Gasteiger partial charge on any atom is 0.256 e. The number of carbonyl (C=O) groups is 2. The molecule has 0 heterocycles. The second kappa shape index (κ2) is 10.3. The van der Waals surface area contributed by atoms with Crippen LogP contribution < -0.4 is 5.32 Å². The summed E-state index contributed by atoms with van der Waals surface area (Å²) in [7, 11) is 1.91. The molecule has 1 aliphatic rings. The van der Waals surface area contributed by atoms with Crippen molar-refractivity contribution < 1.29 is 9.59 Å². The molecule has 6 heteroatoms. The summed E-state index contributed by atoms with van der Waals surface area (Å²) in [4.78, 5) is 28.2. The topological polar surface area (TPSA) is 49.4 Å². The summed E-state index contributed by atoms with van der Waals surface area (Å²) in [5.41, 5.74) is 2.43. The molecule has 0 radical (unpaired) electrons. The van der Waals surface area contributed by atoms with E-state index in [1.807, 2.05) is 55.3 Å². The Hall–Kier alpha value is -1.79. The van der Waals surface area contributed by atoms with Crippen LogP contribution in [0.3, 0.4) is 0 Å². The molecule has 4 nitrogen and oxygen atoms in total. The predicted molar refractivity (Wildman–Crippen MR) is 124 cm³/mol. The minimum absolute atomic E-state index is 0.124. The molecule has 0 saturated heterocycles. The third-order valence-electron chi connectivity index (χ3n) is 5.37. The minimum Gasteiger partial charge on any atom is -0.342 e. The normalized spacial score (nSPS) is 14.4. The van der Waals surface area contributed by atoms with Crippen molar-refractivity contribution in [3.8, 4) is 0 Å². The number of nitrogens with zero attached hydrogens (tertiary/aromatic N) is 1. The van der Waals surface area contributed by atoms with Crippen LogP contribution in [0.25, 0.3) is 0 Å². The molecule has 0 bridgehead atoms. The highest BCUT2D eigenvalue weighted by atomic mass is 79.9. The Kier molecular flexibility index (Phi) is 7.78. The number of nitrogens with one attached hydrogen (secondary N) is 1. The molecule has 1 fully saturated rings. The van der Waals surface area contributed by atoms with E-state index in [0.29, 0.717) is 17.4 Å². The Labute approximate surface area is 185 Å².